The van der Waals surface area contributed by atoms with Crippen LogP contribution in [-0.2, 0) is 11.3 Å². The molecule has 0 spiro atoms. The van der Waals surface area contributed by atoms with E-state index in [1.807, 2.05) is 31.3 Å². The number of carbonyl (C=O) groups is 1. The molecule has 0 radical (unpaired) electrons. The van der Waals surface area contributed by atoms with E-state index in [1.54, 1.807) is 6.20 Å². The molecule has 1 aromatic heterocycles. The van der Waals surface area contributed by atoms with Gasteiger partial charge in [0, 0.05) is 18.9 Å². The van der Waals surface area contributed by atoms with Gasteiger partial charge in [0.05, 0.1) is 11.3 Å². The van der Waals surface area contributed by atoms with Crippen LogP contribution in [-0.4, -0.2) is 20.7 Å². The summed E-state index contributed by atoms with van der Waals surface area (Å²) in [6.07, 6.45) is 5.69. The zero-order valence-corrected chi connectivity index (χ0v) is 14.8. The second-order valence-electron chi connectivity index (χ2n) is 5.52. The van der Waals surface area contributed by atoms with Crippen molar-refractivity contribution < 1.29 is 4.79 Å². The Kier molecular flexibility index (Phi) is 6.71. The van der Waals surface area contributed by atoms with E-state index in [0.717, 1.165) is 30.1 Å². The Hall–Kier alpha value is -1.75. The molecule has 0 aliphatic rings. The molecule has 0 aliphatic carbocycles. The van der Waals surface area contributed by atoms with Crippen molar-refractivity contribution in [2.75, 3.05) is 0 Å². The lowest BCUT2D eigenvalue weighted by Crippen LogP contribution is -2.34. The number of amides is 1. The second kappa shape index (κ2) is 8.77. The van der Waals surface area contributed by atoms with Crippen molar-refractivity contribution in [2.24, 2.45) is 0 Å². The number of aromatic nitrogens is 2. The van der Waals surface area contributed by atoms with Gasteiger partial charge in [-0.3, -0.25) is 4.79 Å². The average Bonchev–Trinajstić information content (AvgIpc) is 3.02. The van der Waals surface area contributed by atoms with Crippen LogP contribution in [0.25, 0.3) is 0 Å². The predicted octanol–water partition coefficient (Wildman–Crippen LogP) is 4.04. The highest BCUT2D eigenvalue weighted by Crippen LogP contribution is 2.24. The van der Waals surface area contributed by atoms with E-state index in [2.05, 4.69) is 40.8 Å². The Balaban J connectivity index is 2.00. The standard InChI is InChI=1S/C18H25N3OS/c1-4-9-16(15-10-7-6-8-11-15)20-17(22)14(3)23-18-19-12-13-21(18)5-2/h6-8,10-14,16H,4-5,9H2,1-3H3,(H,20,22)/t14-,16-/m1/s1. The minimum absolute atomic E-state index is 0.0583. The molecule has 1 heterocycles. The monoisotopic (exact) mass is 331 g/mol. The third-order valence-corrected chi connectivity index (χ3v) is 4.88. The molecular weight excluding hydrogens is 306 g/mol. The quantitative estimate of drug-likeness (QED) is 0.743. The number of nitrogens with zero attached hydrogens (tertiary/aromatic N) is 2. The van der Waals surface area contributed by atoms with Gasteiger partial charge in [-0.05, 0) is 25.8 Å². The second-order valence-corrected chi connectivity index (χ2v) is 6.82. The summed E-state index contributed by atoms with van der Waals surface area (Å²) >= 11 is 1.50. The van der Waals surface area contributed by atoms with E-state index >= 15 is 0 Å². The molecule has 0 fully saturated rings. The Labute approximate surface area is 142 Å². The minimum Gasteiger partial charge on any atom is -0.348 e. The van der Waals surface area contributed by atoms with Gasteiger partial charge in [-0.1, -0.05) is 55.4 Å². The van der Waals surface area contributed by atoms with Crippen molar-refractivity contribution in [3.05, 3.63) is 48.3 Å². The number of aryl methyl sites for hydroxylation is 1. The molecular formula is C18H25N3OS. The fourth-order valence-corrected chi connectivity index (χ4v) is 3.39. The van der Waals surface area contributed by atoms with Gasteiger partial charge in [-0.15, -0.1) is 0 Å². The molecule has 2 rings (SSSR count). The minimum atomic E-state index is -0.175. The summed E-state index contributed by atoms with van der Waals surface area (Å²) in [7, 11) is 0. The molecule has 0 saturated carbocycles. The first-order valence-electron chi connectivity index (χ1n) is 8.18. The molecule has 2 atom stereocenters. The highest BCUT2D eigenvalue weighted by molar-refractivity contribution is 8.00. The first-order chi connectivity index (χ1) is 11.2. The van der Waals surface area contributed by atoms with E-state index in [9.17, 15) is 4.79 Å². The van der Waals surface area contributed by atoms with Crippen LogP contribution in [0.4, 0.5) is 0 Å². The van der Waals surface area contributed by atoms with Crippen LogP contribution >= 0.6 is 11.8 Å². The van der Waals surface area contributed by atoms with Crippen LogP contribution in [0.1, 0.15) is 45.2 Å². The SMILES string of the molecule is CCC[C@@H](NC(=O)[C@@H](C)Sc1nccn1CC)c1ccccc1. The van der Waals surface area contributed by atoms with Crippen molar-refractivity contribution in [1.29, 1.82) is 0 Å². The largest absolute Gasteiger partial charge is 0.348 e. The van der Waals surface area contributed by atoms with E-state index in [-0.39, 0.29) is 17.2 Å². The van der Waals surface area contributed by atoms with Crippen molar-refractivity contribution in [1.82, 2.24) is 14.9 Å². The number of imidazole rings is 1. The summed E-state index contributed by atoms with van der Waals surface area (Å²) in [5, 5.41) is 3.90. The molecule has 0 unspecified atom stereocenters. The van der Waals surface area contributed by atoms with E-state index in [1.165, 1.54) is 11.8 Å². The summed E-state index contributed by atoms with van der Waals surface area (Å²) < 4.78 is 2.05. The van der Waals surface area contributed by atoms with Crippen LogP contribution < -0.4 is 5.32 Å². The molecule has 23 heavy (non-hydrogen) atoms. The Bertz CT molecular complexity index is 612. The van der Waals surface area contributed by atoms with Crippen molar-refractivity contribution in [3.63, 3.8) is 0 Å². The number of thioether (sulfide) groups is 1. The zero-order valence-electron chi connectivity index (χ0n) is 14.0. The molecule has 4 nitrogen and oxygen atoms in total. The smallest absolute Gasteiger partial charge is 0.233 e. The number of hydrogen-bond donors (Lipinski definition) is 1. The molecule has 2 aromatic rings. The van der Waals surface area contributed by atoms with Crippen LogP contribution in [0.15, 0.2) is 47.9 Å². The first-order valence-corrected chi connectivity index (χ1v) is 9.06. The van der Waals surface area contributed by atoms with Gasteiger partial charge in [0.1, 0.15) is 0 Å². The van der Waals surface area contributed by atoms with Crippen LogP contribution in [0.2, 0.25) is 0 Å². The fraction of sp³-hybridized carbons (Fsp3) is 0.444. The van der Waals surface area contributed by atoms with Crippen molar-refractivity contribution in [2.45, 2.75) is 56.6 Å². The molecule has 0 saturated heterocycles. The molecule has 5 heteroatoms. The zero-order chi connectivity index (χ0) is 16.7. The van der Waals surface area contributed by atoms with Gasteiger partial charge in [0.25, 0.3) is 0 Å². The summed E-state index contributed by atoms with van der Waals surface area (Å²) in [5.41, 5.74) is 1.16. The highest BCUT2D eigenvalue weighted by Gasteiger charge is 2.20. The number of nitrogens with one attached hydrogen (secondary N) is 1. The van der Waals surface area contributed by atoms with Gasteiger partial charge in [-0.2, -0.15) is 0 Å². The lowest BCUT2D eigenvalue weighted by atomic mass is 10.0. The van der Waals surface area contributed by atoms with Gasteiger partial charge in [-0.25, -0.2) is 4.98 Å². The Morgan fingerprint density at radius 2 is 2.04 bits per heavy atom. The van der Waals surface area contributed by atoms with Crippen molar-refractivity contribution >= 4 is 17.7 Å². The maximum absolute atomic E-state index is 12.6. The van der Waals surface area contributed by atoms with Gasteiger partial charge >= 0.3 is 0 Å². The number of rotatable bonds is 8. The number of carbonyl (C=O) groups excluding carboxylic acids is 1. The summed E-state index contributed by atoms with van der Waals surface area (Å²) in [5.74, 6) is 0.0583. The first kappa shape index (κ1) is 17.6. The van der Waals surface area contributed by atoms with Crippen molar-refractivity contribution in [3.8, 4) is 0 Å². The van der Waals surface area contributed by atoms with Gasteiger partial charge in [0.15, 0.2) is 5.16 Å². The lowest BCUT2D eigenvalue weighted by molar-refractivity contribution is -0.121. The molecule has 1 aromatic carbocycles. The maximum atomic E-state index is 12.6. The van der Waals surface area contributed by atoms with Gasteiger partial charge in [0.2, 0.25) is 5.91 Å². The summed E-state index contributed by atoms with van der Waals surface area (Å²) in [6.45, 7) is 7.00. The fourth-order valence-electron chi connectivity index (χ4n) is 2.45. The highest BCUT2D eigenvalue weighted by atomic mass is 32.2. The van der Waals surface area contributed by atoms with Crippen LogP contribution in [0.3, 0.4) is 0 Å². The summed E-state index contributed by atoms with van der Waals surface area (Å²) in [6, 6.07) is 10.2. The Morgan fingerprint density at radius 1 is 1.30 bits per heavy atom. The number of hydrogen-bond acceptors (Lipinski definition) is 3. The third-order valence-electron chi connectivity index (χ3n) is 3.77. The van der Waals surface area contributed by atoms with Crippen LogP contribution in [0.5, 0.6) is 0 Å². The topological polar surface area (TPSA) is 46.9 Å². The van der Waals surface area contributed by atoms with Gasteiger partial charge < -0.3 is 9.88 Å². The predicted molar refractivity (Wildman–Crippen MR) is 95.5 cm³/mol. The van der Waals surface area contributed by atoms with E-state index < -0.39 is 0 Å². The molecule has 1 amide bonds. The maximum Gasteiger partial charge on any atom is 0.233 e. The molecule has 0 bridgehead atoms. The average molecular weight is 331 g/mol. The number of benzene rings is 1. The van der Waals surface area contributed by atoms with E-state index in [0.29, 0.717) is 0 Å². The third kappa shape index (κ3) is 4.86. The normalized spacial score (nSPS) is 13.5. The van der Waals surface area contributed by atoms with E-state index in [4.69, 9.17) is 0 Å². The molecule has 1 N–H and O–H groups in total. The van der Waals surface area contributed by atoms with Crippen LogP contribution in [0, 0.1) is 0 Å². The lowest BCUT2D eigenvalue weighted by Gasteiger charge is -2.21. The summed E-state index contributed by atoms with van der Waals surface area (Å²) in [4.78, 5) is 16.9. The molecule has 0 aliphatic heterocycles. The Morgan fingerprint density at radius 3 is 2.70 bits per heavy atom. The molecule has 124 valence electrons.